The summed E-state index contributed by atoms with van der Waals surface area (Å²) in [6.07, 6.45) is 6.62. The molecule has 150 valence electrons. The third-order valence-electron chi connectivity index (χ3n) is 6.58. The Labute approximate surface area is 178 Å². The van der Waals surface area contributed by atoms with Gasteiger partial charge in [0.05, 0.1) is 10.3 Å². The maximum Gasteiger partial charge on any atom is 0.277 e. The summed E-state index contributed by atoms with van der Waals surface area (Å²) in [5.41, 5.74) is 4.66. The molecule has 1 unspecified atom stereocenters. The second-order valence-electron chi connectivity index (χ2n) is 8.15. The predicted molar refractivity (Wildman–Crippen MR) is 122 cm³/mol. The molecule has 0 radical (unpaired) electrons. The number of hydrogen-bond donors (Lipinski definition) is 0. The first-order valence-electron chi connectivity index (χ1n) is 10.5. The quantitative estimate of drug-likeness (QED) is 0.196. The molecule has 5 nitrogen and oxygen atoms in total. The Kier molecular flexibility index (Phi) is 3.96. The van der Waals surface area contributed by atoms with E-state index in [2.05, 4.69) is 34.2 Å². The number of nitrogens with zero attached hydrogens (tertiary/aromatic N) is 3. The van der Waals surface area contributed by atoms with Crippen molar-refractivity contribution in [3.05, 3.63) is 99.9 Å². The van der Waals surface area contributed by atoms with Crippen LogP contribution in [0.5, 0.6) is 0 Å². The van der Waals surface area contributed by atoms with Gasteiger partial charge in [-0.05, 0) is 76.4 Å². The number of pyridine rings is 2. The van der Waals surface area contributed by atoms with Crippen molar-refractivity contribution < 1.29 is 4.92 Å². The van der Waals surface area contributed by atoms with Gasteiger partial charge < -0.3 is 0 Å². The van der Waals surface area contributed by atoms with Gasteiger partial charge in [-0.3, -0.25) is 10.1 Å². The molecule has 0 bridgehead atoms. The average Bonchev–Trinajstić information content (AvgIpc) is 2.82. The second-order valence-corrected chi connectivity index (χ2v) is 8.15. The summed E-state index contributed by atoms with van der Waals surface area (Å²) in [5.74, 6) is 0.230. The molecule has 1 atom stereocenters. The normalized spacial score (nSPS) is 15.9. The maximum atomic E-state index is 11.9. The number of nitro groups is 1. The molecule has 1 aliphatic rings. The highest BCUT2D eigenvalue weighted by Crippen LogP contribution is 2.44. The van der Waals surface area contributed by atoms with E-state index >= 15 is 0 Å². The maximum absolute atomic E-state index is 11.9. The molecule has 0 spiro atoms. The van der Waals surface area contributed by atoms with Gasteiger partial charge in [0.1, 0.15) is 0 Å². The summed E-state index contributed by atoms with van der Waals surface area (Å²) in [6, 6.07) is 19.9. The lowest BCUT2D eigenvalue weighted by Crippen LogP contribution is -2.12. The molecular weight excluding hydrogens is 386 g/mol. The van der Waals surface area contributed by atoms with Crippen molar-refractivity contribution in [3.63, 3.8) is 0 Å². The van der Waals surface area contributed by atoms with E-state index in [0.717, 1.165) is 46.5 Å². The molecule has 0 aliphatic heterocycles. The zero-order chi connectivity index (χ0) is 20.9. The Bertz CT molecular complexity index is 1500. The molecule has 2 aromatic heterocycles. The number of aromatic nitrogens is 2. The van der Waals surface area contributed by atoms with Crippen LogP contribution < -0.4 is 0 Å². The van der Waals surface area contributed by atoms with Crippen molar-refractivity contribution in [2.45, 2.75) is 25.2 Å². The van der Waals surface area contributed by atoms with Crippen LogP contribution in [0.3, 0.4) is 0 Å². The van der Waals surface area contributed by atoms with Gasteiger partial charge in [0.15, 0.2) is 5.65 Å². The van der Waals surface area contributed by atoms with Gasteiger partial charge in [0.2, 0.25) is 0 Å². The number of benzene rings is 3. The standard InChI is InChI=1S/C26H19N3O2/c30-29(31)25-15-24-18-8-3-7-16(21-12-14-28-26-23(21)9-4-13-27-26)19(18)10-11-20(24)17-5-1-2-6-22(17)25/h1-2,4-6,9-16H,3,7-8H2. The Morgan fingerprint density at radius 3 is 2.45 bits per heavy atom. The summed E-state index contributed by atoms with van der Waals surface area (Å²) in [7, 11) is 0. The van der Waals surface area contributed by atoms with Crippen LogP contribution in [0.15, 0.2) is 73.1 Å². The lowest BCUT2D eigenvalue weighted by molar-refractivity contribution is -0.382. The van der Waals surface area contributed by atoms with Gasteiger partial charge >= 0.3 is 0 Å². The zero-order valence-corrected chi connectivity index (χ0v) is 16.8. The van der Waals surface area contributed by atoms with E-state index in [-0.39, 0.29) is 16.5 Å². The Morgan fingerprint density at radius 1 is 0.806 bits per heavy atom. The fourth-order valence-electron chi connectivity index (χ4n) is 5.26. The molecular formula is C26H19N3O2. The van der Waals surface area contributed by atoms with E-state index in [1.807, 2.05) is 36.5 Å². The molecule has 0 saturated carbocycles. The molecule has 0 amide bonds. The van der Waals surface area contributed by atoms with Gasteiger partial charge in [-0.2, -0.15) is 0 Å². The van der Waals surface area contributed by atoms with E-state index in [1.54, 1.807) is 12.3 Å². The van der Waals surface area contributed by atoms with Gasteiger partial charge in [0, 0.05) is 29.8 Å². The lowest BCUT2D eigenvalue weighted by atomic mass is 9.76. The number of non-ortho nitro benzene ring substituents is 1. The van der Waals surface area contributed by atoms with Crippen LogP contribution in [0.4, 0.5) is 5.69 Å². The highest BCUT2D eigenvalue weighted by Gasteiger charge is 2.26. The zero-order valence-electron chi connectivity index (χ0n) is 16.8. The number of aryl methyl sites for hydroxylation is 1. The fraction of sp³-hybridized carbons (Fsp3) is 0.154. The smallest absolute Gasteiger partial charge is 0.258 e. The van der Waals surface area contributed by atoms with Gasteiger partial charge in [-0.1, -0.05) is 30.3 Å². The topological polar surface area (TPSA) is 68.9 Å². The highest BCUT2D eigenvalue weighted by molar-refractivity contribution is 6.12. The van der Waals surface area contributed by atoms with Crippen LogP contribution in [-0.2, 0) is 6.42 Å². The van der Waals surface area contributed by atoms with Crippen molar-refractivity contribution >= 4 is 38.3 Å². The van der Waals surface area contributed by atoms with Crippen molar-refractivity contribution in [1.29, 1.82) is 0 Å². The van der Waals surface area contributed by atoms with Crippen LogP contribution in [0, 0.1) is 10.1 Å². The van der Waals surface area contributed by atoms with E-state index < -0.39 is 0 Å². The Morgan fingerprint density at radius 2 is 1.58 bits per heavy atom. The van der Waals surface area contributed by atoms with Gasteiger partial charge in [-0.15, -0.1) is 0 Å². The number of hydrogen-bond acceptors (Lipinski definition) is 4. The minimum Gasteiger partial charge on any atom is -0.258 e. The summed E-state index contributed by atoms with van der Waals surface area (Å²) >= 11 is 0. The molecule has 0 saturated heterocycles. The summed E-state index contributed by atoms with van der Waals surface area (Å²) < 4.78 is 0. The van der Waals surface area contributed by atoms with Gasteiger partial charge in [-0.25, -0.2) is 9.97 Å². The molecule has 1 aliphatic carbocycles. The van der Waals surface area contributed by atoms with E-state index in [1.165, 1.54) is 16.7 Å². The molecule has 5 aromatic rings. The van der Waals surface area contributed by atoms with Crippen LogP contribution in [0.2, 0.25) is 0 Å². The van der Waals surface area contributed by atoms with Crippen molar-refractivity contribution in [2.75, 3.05) is 0 Å². The van der Waals surface area contributed by atoms with Crippen LogP contribution >= 0.6 is 0 Å². The highest BCUT2D eigenvalue weighted by atomic mass is 16.6. The molecule has 6 rings (SSSR count). The fourth-order valence-corrected chi connectivity index (χ4v) is 5.26. The van der Waals surface area contributed by atoms with E-state index in [9.17, 15) is 10.1 Å². The van der Waals surface area contributed by atoms with Crippen LogP contribution in [0.25, 0.3) is 32.6 Å². The second kappa shape index (κ2) is 6.84. The first kappa shape index (κ1) is 18.0. The Hall–Kier alpha value is -3.86. The predicted octanol–water partition coefficient (Wildman–Crippen LogP) is 6.31. The van der Waals surface area contributed by atoms with Crippen molar-refractivity contribution in [3.8, 4) is 0 Å². The number of nitro benzene ring substituents is 1. The first-order chi connectivity index (χ1) is 15.2. The third-order valence-corrected chi connectivity index (χ3v) is 6.58. The van der Waals surface area contributed by atoms with Crippen LogP contribution in [0.1, 0.15) is 35.4 Å². The lowest BCUT2D eigenvalue weighted by Gasteiger charge is -2.28. The van der Waals surface area contributed by atoms with E-state index in [4.69, 9.17) is 0 Å². The third kappa shape index (κ3) is 2.70. The molecule has 2 heterocycles. The first-order valence-corrected chi connectivity index (χ1v) is 10.5. The average molecular weight is 405 g/mol. The minimum atomic E-state index is -0.260. The largest absolute Gasteiger partial charge is 0.277 e. The van der Waals surface area contributed by atoms with Crippen molar-refractivity contribution in [1.82, 2.24) is 9.97 Å². The van der Waals surface area contributed by atoms with Crippen molar-refractivity contribution in [2.24, 2.45) is 0 Å². The molecule has 5 heteroatoms. The van der Waals surface area contributed by atoms with E-state index in [0.29, 0.717) is 5.39 Å². The van der Waals surface area contributed by atoms with Gasteiger partial charge in [0.25, 0.3) is 5.69 Å². The Balaban J connectivity index is 1.64. The summed E-state index contributed by atoms with van der Waals surface area (Å²) in [4.78, 5) is 20.4. The molecule has 0 fully saturated rings. The number of rotatable bonds is 2. The summed E-state index contributed by atoms with van der Waals surface area (Å²) in [6.45, 7) is 0. The SMILES string of the molecule is O=[N+]([O-])c1cc2c3c(ccc2c2ccccc12)C(c1ccnc2ncccc12)CCC3. The molecule has 0 N–H and O–H groups in total. The minimum absolute atomic E-state index is 0.178. The monoisotopic (exact) mass is 405 g/mol. The van der Waals surface area contributed by atoms with Crippen LogP contribution in [-0.4, -0.2) is 14.9 Å². The molecule has 3 aromatic carbocycles. The molecule has 31 heavy (non-hydrogen) atoms. The number of fused-ring (bicyclic) bond motifs is 6. The summed E-state index contributed by atoms with van der Waals surface area (Å²) in [5, 5.41) is 16.6.